The van der Waals surface area contributed by atoms with Crippen molar-refractivity contribution in [2.45, 2.75) is 109 Å². The predicted molar refractivity (Wildman–Crippen MR) is 150 cm³/mol. The number of halogens is 3. The Morgan fingerprint density at radius 1 is 1.08 bits per heavy atom. The maximum atomic E-state index is 13.5. The van der Waals surface area contributed by atoms with Gasteiger partial charge in [0.1, 0.15) is 5.54 Å². The molecule has 1 N–H and O–H groups in total. The van der Waals surface area contributed by atoms with Crippen molar-refractivity contribution in [1.29, 1.82) is 5.26 Å². The quantitative estimate of drug-likeness (QED) is 0.238. The summed E-state index contributed by atoms with van der Waals surface area (Å²) in [6.07, 6.45) is 4.94. The number of amides is 1. The summed E-state index contributed by atoms with van der Waals surface area (Å²) in [5.74, 6) is -0.379. The van der Waals surface area contributed by atoms with E-state index in [-0.39, 0.29) is 22.7 Å². The molecule has 0 spiro atoms. The van der Waals surface area contributed by atoms with E-state index in [1.165, 1.54) is 6.07 Å². The molecular weight excluding hydrogens is 525 g/mol. The fourth-order valence-electron chi connectivity index (χ4n) is 5.80. The van der Waals surface area contributed by atoms with Crippen LogP contribution in [-0.4, -0.2) is 62.7 Å². The van der Waals surface area contributed by atoms with Crippen molar-refractivity contribution >= 4 is 28.9 Å². The number of anilines is 1. The lowest BCUT2D eigenvalue weighted by atomic mass is 9.96. The Labute approximate surface area is 235 Å². The Bertz CT molecular complexity index is 1080. The van der Waals surface area contributed by atoms with Crippen LogP contribution in [0.5, 0.6) is 0 Å². The van der Waals surface area contributed by atoms with Gasteiger partial charge in [0.2, 0.25) is 0 Å². The summed E-state index contributed by atoms with van der Waals surface area (Å²) >= 11 is 5.56. The fourth-order valence-corrected chi connectivity index (χ4v) is 6.31. The van der Waals surface area contributed by atoms with Gasteiger partial charge in [-0.25, -0.2) is 0 Å². The molecule has 3 rings (SSSR count). The standard InChI is InChI=1S/C29H41F3N4O2S/c1-27(2)25(37)36(22-15-14-21(20-33)23(19-22)29(30,31)32)26(39)35(27)18-11-9-7-5-6-8-10-16-34-17-12-13-24(34)28(3,4)38/h14-15,19,24,38H,5-13,16-18H2,1-4H3/t24-/m1/s1. The highest BCUT2D eigenvalue weighted by atomic mass is 32.1. The largest absolute Gasteiger partial charge is 0.417 e. The zero-order valence-electron chi connectivity index (χ0n) is 23.5. The van der Waals surface area contributed by atoms with E-state index in [1.807, 2.05) is 13.8 Å². The second-order valence-corrected chi connectivity index (χ2v) is 12.2. The SMILES string of the molecule is CC(C)(O)[C@H]1CCCN1CCCCCCCCCN1C(=S)N(c2ccc(C#N)c(C(F)(F)F)c2)C(=O)C1(C)C. The highest BCUT2D eigenvalue weighted by Crippen LogP contribution is 2.38. The molecule has 0 bridgehead atoms. The minimum Gasteiger partial charge on any atom is -0.389 e. The van der Waals surface area contributed by atoms with Gasteiger partial charge in [-0.15, -0.1) is 0 Å². The van der Waals surface area contributed by atoms with Gasteiger partial charge in [-0.2, -0.15) is 18.4 Å². The molecule has 6 nitrogen and oxygen atoms in total. The molecule has 1 atom stereocenters. The molecule has 2 heterocycles. The predicted octanol–water partition coefficient (Wildman–Crippen LogP) is 6.26. The maximum absolute atomic E-state index is 13.5. The average Bonchev–Trinajstić information content (AvgIpc) is 3.39. The summed E-state index contributed by atoms with van der Waals surface area (Å²) in [6.45, 7) is 9.91. The Hall–Kier alpha value is -2.22. The van der Waals surface area contributed by atoms with Gasteiger partial charge in [0.05, 0.1) is 28.5 Å². The molecule has 1 aromatic rings. The van der Waals surface area contributed by atoms with Crippen LogP contribution in [-0.2, 0) is 11.0 Å². The molecule has 0 aliphatic carbocycles. The third-order valence-corrected chi connectivity index (χ3v) is 8.42. The molecule has 0 aromatic heterocycles. The number of rotatable bonds is 12. The number of nitriles is 1. The second kappa shape index (κ2) is 12.5. The first-order chi connectivity index (χ1) is 18.2. The zero-order valence-corrected chi connectivity index (χ0v) is 24.3. The number of nitrogens with zero attached hydrogens (tertiary/aromatic N) is 4. The van der Waals surface area contributed by atoms with E-state index >= 15 is 0 Å². The van der Waals surface area contributed by atoms with E-state index in [4.69, 9.17) is 17.5 Å². The monoisotopic (exact) mass is 566 g/mol. The van der Waals surface area contributed by atoms with Crippen molar-refractivity contribution in [3.8, 4) is 6.07 Å². The van der Waals surface area contributed by atoms with Crippen LogP contribution in [0.2, 0.25) is 0 Å². The van der Waals surface area contributed by atoms with Gasteiger partial charge >= 0.3 is 6.18 Å². The summed E-state index contributed by atoms with van der Waals surface area (Å²) in [5.41, 5.74) is -3.17. The first-order valence-electron chi connectivity index (χ1n) is 13.9. The van der Waals surface area contributed by atoms with Crippen molar-refractivity contribution in [2.75, 3.05) is 24.5 Å². The van der Waals surface area contributed by atoms with Gasteiger partial charge in [-0.05, 0) is 96.9 Å². The van der Waals surface area contributed by atoms with Gasteiger partial charge in [0, 0.05) is 12.6 Å². The Morgan fingerprint density at radius 3 is 2.23 bits per heavy atom. The molecule has 2 aliphatic rings. The molecule has 2 aliphatic heterocycles. The molecule has 216 valence electrons. The third kappa shape index (κ3) is 7.30. The van der Waals surface area contributed by atoms with Crippen molar-refractivity contribution < 1.29 is 23.1 Å². The number of carbonyl (C=O) groups excluding carboxylic acids is 1. The molecular formula is C29H41F3N4O2S. The van der Waals surface area contributed by atoms with Gasteiger partial charge < -0.3 is 10.0 Å². The van der Waals surface area contributed by atoms with Crippen LogP contribution in [0.25, 0.3) is 0 Å². The van der Waals surface area contributed by atoms with Crippen LogP contribution in [0.3, 0.4) is 0 Å². The molecule has 2 saturated heterocycles. The number of aliphatic hydroxyl groups is 1. The van der Waals surface area contributed by atoms with Crippen molar-refractivity contribution in [1.82, 2.24) is 9.80 Å². The highest BCUT2D eigenvalue weighted by molar-refractivity contribution is 7.80. The molecule has 1 amide bonds. The zero-order chi connectivity index (χ0) is 29.0. The van der Waals surface area contributed by atoms with E-state index in [9.17, 15) is 23.1 Å². The van der Waals surface area contributed by atoms with Crippen molar-refractivity contribution in [2.24, 2.45) is 0 Å². The average molecular weight is 567 g/mol. The molecule has 39 heavy (non-hydrogen) atoms. The van der Waals surface area contributed by atoms with E-state index < -0.39 is 28.4 Å². The summed E-state index contributed by atoms with van der Waals surface area (Å²) in [6, 6.07) is 5.07. The van der Waals surface area contributed by atoms with E-state index in [0.29, 0.717) is 6.54 Å². The van der Waals surface area contributed by atoms with Gasteiger partial charge in [0.15, 0.2) is 5.11 Å². The topological polar surface area (TPSA) is 70.8 Å². The highest BCUT2D eigenvalue weighted by Gasteiger charge is 2.49. The van der Waals surface area contributed by atoms with Crippen molar-refractivity contribution in [3.63, 3.8) is 0 Å². The number of carbonyl (C=O) groups is 1. The van der Waals surface area contributed by atoms with Crippen LogP contribution in [0.1, 0.15) is 96.6 Å². The van der Waals surface area contributed by atoms with Gasteiger partial charge in [0.25, 0.3) is 5.91 Å². The summed E-state index contributed by atoms with van der Waals surface area (Å²) in [7, 11) is 0. The minimum absolute atomic E-state index is 0.0229. The number of benzene rings is 1. The third-order valence-electron chi connectivity index (χ3n) is 8.02. The maximum Gasteiger partial charge on any atom is 0.417 e. The Balaban J connectivity index is 1.45. The van der Waals surface area contributed by atoms with Crippen LogP contribution >= 0.6 is 12.2 Å². The number of thiocarbonyl (C=S) groups is 1. The molecule has 0 saturated carbocycles. The lowest BCUT2D eigenvalue weighted by molar-refractivity contribution is -0.137. The van der Waals surface area contributed by atoms with E-state index in [1.54, 1.807) is 24.8 Å². The summed E-state index contributed by atoms with van der Waals surface area (Å²) < 4.78 is 40.4. The van der Waals surface area contributed by atoms with Crippen LogP contribution < -0.4 is 4.90 Å². The number of hydrogen-bond donors (Lipinski definition) is 1. The molecule has 10 heteroatoms. The molecule has 1 aromatic carbocycles. The lowest BCUT2D eigenvalue weighted by Gasteiger charge is -2.33. The normalized spacial score (nSPS) is 20.2. The lowest BCUT2D eigenvalue weighted by Crippen LogP contribution is -2.45. The fraction of sp³-hybridized carbons (Fsp3) is 0.690. The second-order valence-electron chi connectivity index (χ2n) is 11.8. The summed E-state index contributed by atoms with van der Waals surface area (Å²) in [4.78, 5) is 18.6. The van der Waals surface area contributed by atoms with Crippen LogP contribution in [0.4, 0.5) is 18.9 Å². The van der Waals surface area contributed by atoms with E-state index in [2.05, 4.69) is 4.90 Å². The Kier molecular flexibility index (Phi) is 10.1. The Morgan fingerprint density at radius 2 is 1.67 bits per heavy atom. The number of unbranched alkanes of at least 4 members (excludes halogenated alkanes) is 6. The van der Waals surface area contributed by atoms with Gasteiger partial charge in [-0.1, -0.05) is 32.1 Å². The minimum atomic E-state index is -4.71. The number of hydrogen-bond acceptors (Lipinski definition) is 5. The summed E-state index contributed by atoms with van der Waals surface area (Å²) in [5, 5.41) is 19.6. The number of likely N-dealkylation sites (tertiary alicyclic amines) is 1. The van der Waals surface area contributed by atoms with Gasteiger partial charge in [-0.3, -0.25) is 14.6 Å². The van der Waals surface area contributed by atoms with Crippen molar-refractivity contribution in [3.05, 3.63) is 29.3 Å². The molecule has 0 unspecified atom stereocenters. The van der Waals surface area contributed by atoms with Crippen LogP contribution in [0.15, 0.2) is 18.2 Å². The van der Waals surface area contributed by atoms with E-state index in [0.717, 1.165) is 87.9 Å². The molecule has 2 fully saturated rings. The number of alkyl halides is 3. The first kappa shape index (κ1) is 31.3. The van der Waals surface area contributed by atoms with Crippen LogP contribution in [0, 0.1) is 11.3 Å². The molecule has 0 radical (unpaired) electrons. The first-order valence-corrected chi connectivity index (χ1v) is 14.3. The smallest absolute Gasteiger partial charge is 0.389 e.